The van der Waals surface area contributed by atoms with Gasteiger partial charge in [-0.25, -0.2) is 0 Å². The van der Waals surface area contributed by atoms with Crippen LogP contribution in [0, 0.1) is 0 Å². The van der Waals surface area contributed by atoms with Crippen molar-refractivity contribution in [1.82, 2.24) is 10.2 Å². The normalized spacial score (nSPS) is 15.2. The van der Waals surface area contributed by atoms with Crippen LogP contribution in [-0.2, 0) is 29.0 Å². The molecule has 0 bridgehead atoms. The number of carbonyl (C=O) groups excluding carboxylic acids is 2. The second kappa shape index (κ2) is 12.4. The van der Waals surface area contributed by atoms with Crippen LogP contribution in [0.3, 0.4) is 0 Å². The summed E-state index contributed by atoms with van der Waals surface area (Å²) in [4.78, 5) is 28.1. The molecule has 33 heavy (non-hydrogen) atoms. The second-order valence-electron chi connectivity index (χ2n) is 8.91. The first-order valence-corrected chi connectivity index (χ1v) is 12.7. The van der Waals surface area contributed by atoms with Gasteiger partial charge in [0.2, 0.25) is 11.8 Å². The van der Waals surface area contributed by atoms with Gasteiger partial charge in [-0.3, -0.25) is 9.59 Å². The van der Waals surface area contributed by atoms with E-state index in [0.717, 1.165) is 37.7 Å². The topological polar surface area (TPSA) is 49.4 Å². The van der Waals surface area contributed by atoms with Crippen LogP contribution in [0.25, 0.3) is 0 Å². The molecule has 1 saturated carbocycles. The summed E-state index contributed by atoms with van der Waals surface area (Å²) in [6.45, 7) is 4.11. The molecule has 6 heteroatoms. The lowest BCUT2D eigenvalue weighted by Crippen LogP contribution is -2.50. The Hall–Kier alpha value is -2.04. The molecule has 1 atom stereocenters. The molecule has 2 amide bonds. The minimum atomic E-state index is -0.616. The maximum atomic E-state index is 13.4. The highest BCUT2D eigenvalue weighted by atomic mass is 35.5. The Morgan fingerprint density at radius 2 is 1.61 bits per heavy atom. The molecule has 0 unspecified atom stereocenters. The van der Waals surface area contributed by atoms with Gasteiger partial charge in [0.15, 0.2) is 0 Å². The molecular weight excluding hydrogens is 455 g/mol. The zero-order valence-corrected chi connectivity index (χ0v) is 21.1. The van der Waals surface area contributed by atoms with Gasteiger partial charge in [0.1, 0.15) is 6.04 Å². The van der Waals surface area contributed by atoms with Gasteiger partial charge in [0, 0.05) is 34.6 Å². The summed E-state index contributed by atoms with van der Waals surface area (Å²) in [5, 5.41) is 4.15. The fraction of sp³-hybridized carbons (Fsp3) is 0.481. The van der Waals surface area contributed by atoms with E-state index < -0.39 is 6.04 Å². The average molecular weight is 489 g/mol. The summed E-state index contributed by atoms with van der Waals surface area (Å²) in [5.74, 6) is -0.206. The molecule has 0 aromatic heterocycles. The molecule has 0 aliphatic heterocycles. The summed E-state index contributed by atoms with van der Waals surface area (Å²) >= 11 is 12.8. The number of rotatable bonds is 9. The van der Waals surface area contributed by atoms with Crippen molar-refractivity contribution < 1.29 is 9.59 Å². The third kappa shape index (κ3) is 7.22. The molecule has 1 fully saturated rings. The number of nitrogens with zero attached hydrogens (tertiary/aromatic N) is 1. The number of hydrogen-bond acceptors (Lipinski definition) is 2. The van der Waals surface area contributed by atoms with Crippen LogP contribution < -0.4 is 5.32 Å². The van der Waals surface area contributed by atoms with Crippen molar-refractivity contribution in [3.8, 4) is 0 Å². The van der Waals surface area contributed by atoms with Gasteiger partial charge in [-0.1, -0.05) is 79.7 Å². The summed E-state index contributed by atoms with van der Waals surface area (Å²) in [6.07, 6.45) is 7.40. The number of nitrogens with one attached hydrogen (secondary N) is 1. The molecule has 2 aromatic rings. The van der Waals surface area contributed by atoms with Gasteiger partial charge in [0.25, 0.3) is 0 Å². The Balaban J connectivity index is 1.74. The summed E-state index contributed by atoms with van der Waals surface area (Å²) in [7, 11) is 0. The van der Waals surface area contributed by atoms with Crippen LogP contribution in [-0.4, -0.2) is 28.8 Å². The Morgan fingerprint density at radius 3 is 2.21 bits per heavy atom. The van der Waals surface area contributed by atoms with E-state index in [1.807, 2.05) is 0 Å². The van der Waals surface area contributed by atoms with Gasteiger partial charge >= 0.3 is 0 Å². The van der Waals surface area contributed by atoms with E-state index in [1.165, 1.54) is 12.0 Å². The Bertz CT molecular complexity index is 919. The number of aryl methyl sites for hydroxylation is 2. The maximum Gasteiger partial charge on any atom is 0.242 e. The fourth-order valence-electron chi connectivity index (χ4n) is 4.34. The maximum absolute atomic E-state index is 13.4. The van der Waals surface area contributed by atoms with Crippen molar-refractivity contribution >= 4 is 35.0 Å². The lowest BCUT2D eigenvalue weighted by molar-refractivity contribution is -0.141. The highest BCUT2D eigenvalue weighted by Gasteiger charge is 2.29. The van der Waals surface area contributed by atoms with E-state index >= 15 is 0 Å². The third-order valence-electron chi connectivity index (χ3n) is 6.57. The van der Waals surface area contributed by atoms with Crippen LogP contribution in [0.4, 0.5) is 0 Å². The highest BCUT2D eigenvalue weighted by Crippen LogP contribution is 2.27. The summed E-state index contributed by atoms with van der Waals surface area (Å²) < 4.78 is 0. The molecule has 1 N–H and O–H groups in total. The van der Waals surface area contributed by atoms with Crippen molar-refractivity contribution in [1.29, 1.82) is 0 Å². The van der Waals surface area contributed by atoms with Crippen LogP contribution in [0.1, 0.15) is 69.1 Å². The predicted octanol–water partition coefficient (Wildman–Crippen LogP) is 6.35. The first kappa shape index (κ1) is 25.6. The van der Waals surface area contributed by atoms with E-state index in [-0.39, 0.29) is 24.4 Å². The Labute approximate surface area is 207 Å². The first-order chi connectivity index (χ1) is 15.9. The predicted molar refractivity (Wildman–Crippen MR) is 136 cm³/mol. The van der Waals surface area contributed by atoms with E-state index in [2.05, 4.69) is 36.5 Å². The van der Waals surface area contributed by atoms with Crippen LogP contribution in [0.2, 0.25) is 10.0 Å². The lowest BCUT2D eigenvalue weighted by atomic mass is 9.95. The zero-order chi connectivity index (χ0) is 23.8. The summed E-state index contributed by atoms with van der Waals surface area (Å²) in [5.41, 5.74) is 3.04. The molecule has 0 radical (unpaired) electrons. The molecule has 1 aliphatic carbocycles. The zero-order valence-electron chi connectivity index (χ0n) is 19.6. The van der Waals surface area contributed by atoms with Crippen LogP contribution in [0.15, 0.2) is 42.5 Å². The molecule has 0 spiro atoms. The molecule has 1 aliphatic rings. The molecular formula is C27H34Cl2N2O2. The largest absolute Gasteiger partial charge is 0.352 e. The molecule has 2 aromatic carbocycles. The monoisotopic (exact) mass is 488 g/mol. The van der Waals surface area contributed by atoms with Crippen molar-refractivity contribution in [3.05, 3.63) is 69.2 Å². The van der Waals surface area contributed by atoms with Gasteiger partial charge in [-0.05, 0) is 55.9 Å². The number of benzene rings is 2. The van der Waals surface area contributed by atoms with Crippen molar-refractivity contribution in [3.63, 3.8) is 0 Å². The number of carbonyl (C=O) groups is 2. The van der Waals surface area contributed by atoms with Crippen LogP contribution >= 0.6 is 23.2 Å². The van der Waals surface area contributed by atoms with E-state index in [9.17, 15) is 9.59 Å². The highest BCUT2D eigenvalue weighted by molar-refractivity contribution is 6.36. The van der Waals surface area contributed by atoms with Gasteiger partial charge < -0.3 is 10.2 Å². The minimum absolute atomic E-state index is 0.0863. The summed E-state index contributed by atoms with van der Waals surface area (Å²) in [6, 6.07) is 13.2. The number of halogens is 2. The van der Waals surface area contributed by atoms with Gasteiger partial charge in [-0.2, -0.15) is 0 Å². The fourth-order valence-corrected chi connectivity index (χ4v) is 4.86. The van der Waals surface area contributed by atoms with Gasteiger partial charge in [-0.15, -0.1) is 0 Å². The molecule has 0 saturated heterocycles. The average Bonchev–Trinajstić information content (AvgIpc) is 2.83. The SMILES string of the molecule is CCc1ccc(CCC(=O)N(Cc2c(Cl)cccc2Cl)[C@@H](C)C(=O)NC2CCCCC2)cc1. The second-order valence-corrected chi connectivity index (χ2v) is 9.73. The minimum Gasteiger partial charge on any atom is -0.352 e. The first-order valence-electron chi connectivity index (χ1n) is 12.0. The van der Waals surface area contributed by atoms with Crippen molar-refractivity contribution in [2.45, 2.75) is 83.8 Å². The van der Waals surface area contributed by atoms with Crippen molar-refractivity contribution in [2.24, 2.45) is 0 Å². The Morgan fingerprint density at radius 1 is 1.00 bits per heavy atom. The molecule has 178 valence electrons. The quantitative estimate of drug-likeness (QED) is 0.446. The number of amides is 2. The van der Waals surface area contributed by atoms with E-state index in [0.29, 0.717) is 28.5 Å². The van der Waals surface area contributed by atoms with E-state index in [4.69, 9.17) is 23.2 Å². The third-order valence-corrected chi connectivity index (χ3v) is 7.28. The van der Waals surface area contributed by atoms with E-state index in [1.54, 1.807) is 30.0 Å². The van der Waals surface area contributed by atoms with Crippen molar-refractivity contribution in [2.75, 3.05) is 0 Å². The van der Waals surface area contributed by atoms with Gasteiger partial charge in [0.05, 0.1) is 0 Å². The molecule has 0 heterocycles. The Kier molecular flexibility index (Phi) is 9.64. The number of hydrogen-bond donors (Lipinski definition) is 1. The lowest BCUT2D eigenvalue weighted by Gasteiger charge is -2.31. The molecule has 4 nitrogen and oxygen atoms in total. The van der Waals surface area contributed by atoms with Crippen LogP contribution in [0.5, 0.6) is 0 Å². The molecule has 3 rings (SSSR count). The standard InChI is InChI=1S/C27H34Cl2N2O2/c1-3-20-12-14-21(15-13-20)16-17-26(32)31(18-23-24(28)10-7-11-25(23)29)19(2)27(33)30-22-8-5-4-6-9-22/h7,10-15,19,22H,3-6,8-9,16-18H2,1-2H3,(H,30,33)/t19-/m0/s1. The smallest absolute Gasteiger partial charge is 0.242 e.